The monoisotopic (exact) mass is 516 g/mol. The molecule has 1 amide bonds. The van der Waals surface area contributed by atoms with Gasteiger partial charge in [0.15, 0.2) is 0 Å². The van der Waals surface area contributed by atoms with Crippen LogP contribution in [0.4, 0.5) is 5.69 Å². The Morgan fingerprint density at radius 1 is 0.806 bits per heavy atom. The number of hydrogen-bond donors (Lipinski definition) is 1. The second-order valence-corrected chi connectivity index (χ2v) is 10.0. The SMILES string of the molecule is O=C(CN(Cc1ccc(Cl)c(Cl)c1)S(=O)(=O)c1ccccc1)Nc1c(Cl)cccc1Cl. The van der Waals surface area contributed by atoms with Gasteiger partial charge in [-0.1, -0.05) is 76.7 Å². The molecule has 0 fully saturated rings. The van der Waals surface area contributed by atoms with Crippen molar-refractivity contribution < 1.29 is 13.2 Å². The molecule has 0 spiro atoms. The summed E-state index contributed by atoms with van der Waals surface area (Å²) in [6.45, 7) is -0.573. The van der Waals surface area contributed by atoms with Crippen LogP contribution in [0.15, 0.2) is 71.6 Å². The first kappa shape index (κ1) is 23.9. The topological polar surface area (TPSA) is 66.5 Å². The van der Waals surface area contributed by atoms with Gasteiger partial charge in [0.1, 0.15) is 0 Å². The molecule has 0 heterocycles. The number of anilines is 1. The Morgan fingerprint density at radius 3 is 2.06 bits per heavy atom. The Labute approximate surface area is 200 Å². The predicted molar refractivity (Wildman–Crippen MR) is 126 cm³/mol. The maximum Gasteiger partial charge on any atom is 0.243 e. The predicted octanol–water partition coefficient (Wildman–Crippen LogP) is 6.13. The summed E-state index contributed by atoms with van der Waals surface area (Å²) in [6, 6.07) is 17.4. The smallest absolute Gasteiger partial charge is 0.243 e. The fourth-order valence-corrected chi connectivity index (χ4v) is 4.98. The number of nitrogens with zero attached hydrogens (tertiary/aromatic N) is 1. The van der Waals surface area contributed by atoms with Crippen molar-refractivity contribution in [3.05, 3.63) is 92.4 Å². The van der Waals surface area contributed by atoms with Gasteiger partial charge in [-0.2, -0.15) is 4.31 Å². The minimum Gasteiger partial charge on any atom is -0.322 e. The van der Waals surface area contributed by atoms with E-state index in [0.717, 1.165) is 4.31 Å². The fraction of sp³-hybridized carbons (Fsp3) is 0.0952. The summed E-state index contributed by atoms with van der Waals surface area (Å²) < 4.78 is 27.5. The molecule has 0 saturated carbocycles. The molecule has 31 heavy (non-hydrogen) atoms. The van der Waals surface area contributed by atoms with Gasteiger partial charge in [-0.3, -0.25) is 4.79 Å². The maximum atomic E-state index is 13.2. The van der Waals surface area contributed by atoms with Crippen LogP contribution < -0.4 is 5.32 Å². The minimum atomic E-state index is -4.00. The third-order valence-corrected chi connectivity index (χ3v) is 7.45. The number of nitrogens with one attached hydrogen (secondary N) is 1. The quantitative estimate of drug-likeness (QED) is 0.410. The first-order chi connectivity index (χ1) is 14.7. The zero-order valence-corrected chi connectivity index (χ0v) is 19.7. The summed E-state index contributed by atoms with van der Waals surface area (Å²) in [5.74, 6) is -0.602. The van der Waals surface area contributed by atoms with Crippen molar-refractivity contribution in [3.8, 4) is 0 Å². The molecular weight excluding hydrogens is 502 g/mol. The molecule has 0 aliphatic rings. The Kier molecular flexibility index (Phi) is 7.86. The van der Waals surface area contributed by atoms with Crippen molar-refractivity contribution in [1.82, 2.24) is 4.31 Å². The number of carbonyl (C=O) groups excluding carboxylic acids is 1. The van der Waals surface area contributed by atoms with Crippen LogP contribution in [0.3, 0.4) is 0 Å². The molecule has 0 unspecified atom stereocenters. The van der Waals surface area contributed by atoms with E-state index in [-0.39, 0.29) is 32.2 Å². The molecule has 5 nitrogen and oxygen atoms in total. The van der Waals surface area contributed by atoms with Crippen molar-refractivity contribution in [2.24, 2.45) is 0 Å². The van der Waals surface area contributed by atoms with Gasteiger partial charge in [-0.25, -0.2) is 8.42 Å². The van der Waals surface area contributed by atoms with E-state index in [1.807, 2.05) is 0 Å². The van der Waals surface area contributed by atoms with Crippen molar-refractivity contribution in [2.75, 3.05) is 11.9 Å². The molecule has 0 aliphatic carbocycles. The third kappa shape index (κ3) is 5.92. The van der Waals surface area contributed by atoms with Gasteiger partial charge >= 0.3 is 0 Å². The lowest BCUT2D eigenvalue weighted by Crippen LogP contribution is -2.37. The summed E-state index contributed by atoms with van der Waals surface area (Å²) >= 11 is 24.2. The average Bonchev–Trinajstić information content (AvgIpc) is 2.73. The summed E-state index contributed by atoms with van der Waals surface area (Å²) in [4.78, 5) is 12.8. The van der Waals surface area contributed by atoms with E-state index in [1.54, 1.807) is 54.6 Å². The van der Waals surface area contributed by atoms with Crippen LogP contribution in [0.2, 0.25) is 20.1 Å². The van der Waals surface area contributed by atoms with E-state index in [0.29, 0.717) is 10.6 Å². The van der Waals surface area contributed by atoms with Gasteiger partial charge in [0.05, 0.1) is 37.2 Å². The zero-order valence-electron chi connectivity index (χ0n) is 15.9. The Hall–Kier alpha value is -1.80. The highest BCUT2D eigenvalue weighted by Crippen LogP contribution is 2.30. The van der Waals surface area contributed by atoms with Crippen molar-refractivity contribution >= 4 is 68.0 Å². The number of benzene rings is 3. The first-order valence-corrected chi connectivity index (χ1v) is 11.9. The fourth-order valence-electron chi connectivity index (χ4n) is 2.77. The molecule has 1 N–H and O–H groups in total. The average molecular weight is 518 g/mol. The maximum absolute atomic E-state index is 13.2. The van der Waals surface area contributed by atoms with Crippen LogP contribution in [0, 0.1) is 0 Å². The minimum absolute atomic E-state index is 0.0543. The van der Waals surface area contributed by atoms with E-state index in [4.69, 9.17) is 46.4 Å². The van der Waals surface area contributed by atoms with Crippen molar-refractivity contribution in [2.45, 2.75) is 11.4 Å². The summed E-state index contributed by atoms with van der Waals surface area (Å²) in [5, 5.41) is 3.68. The van der Waals surface area contributed by atoms with Gasteiger partial charge in [0.25, 0.3) is 0 Å². The van der Waals surface area contributed by atoms with Crippen LogP contribution in [-0.4, -0.2) is 25.2 Å². The number of halogens is 4. The molecule has 0 saturated heterocycles. The highest BCUT2D eigenvalue weighted by molar-refractivity contribution is 7.89. The summed E-state index contributed by atoms with van der Waals surface area (Å²) in [7, 11) is -4.00. The van der Waals surface area contributed by atoms with Gasteiger partial charge < -0.3 is 5.32 Å². The summed E-state index contributed by atoms with van der Waals surface area (Å²) in [6.07, 6.45) is 0. The van der Waals surface area contributed by atoms with Gasteiger partial charge in [0, 0.05) is 6.54 Å². The molecule has 3 aromatic rings. The van der Waals surface area contributed by atoms with E-state index >= 15 is 0 Å². The van der Waals surface area contributed by atoms with Gasteiger partial charge in [0.2, 0.25) is 15.9 Å². The molecule has 0 bridgehead atoms. The molecular formula is C21H16Cl4N2O3S. The Morgan fingerprint density at radius 2 is 1.45 bits per heavy atom. The molecule has 0 radical (unpaired) electrons. The van der Waals surface area contributed by atoms with Crippen molar-refractivity contribution in [3.63, 3.8) is 0 Å². The summed E-state index contributed by atoms with van der Waals surface area (Å²) in [5.41, 5.74) is 0.778. The highest BCUT2D eigenvalue weighted by atomic mass is 35.5. The van der Waals surface area contributed by atoms with E-state index in [9.17, 15) is 13.2 Å². The van der Waals surface area contributed by atoms with Gasteiger partial charge in [-0.15, -0.1) is 0 Å². The molecule has 0 aromatic heterocycles. The van der Waals surface area contributed by atoms with Crippen LogP contribution >= 0.6 is 46.4 Å². The standard InChI is InChI=1S/C21H16Cl4N2O3S/c22-16-10-9-14(11-19(16)25)12-27(31(29,30)15-5-2-1-3-6-15)13-20(28)26-21-17(23)7-4-8-18(21)24/h1-11H,12-13H2,(H,26,28). The van der Waals surface area contributed by atoms with E-state index in [1.165, 1.54) is 12.1 Å². The molecule has 162 valence electrons. The lowest BCUT2D eigenvalue weighted by molar-refractivity contribution is -0.116. The number of rotatable bonds is 7. The molecule has 0 aliphatic heterocycles. The van der Waals surface area contributed by atoms with Crippen LogP contribution in [-0.2, 0) is 21.4 Å². The number of amides is 1. The third-order valence-electron chi connectivity index (χ3n) is 4.27. The number of sulfonamides is 1. The highest BCUT2D eigenvalue weighted by Gasteiger charge is 2.27. The Bertz CT molecular complexity index is 1180. The molecule has 3 aromatic carbocycles. The van der Waals surface area contributed by atoms with E-state index in [2.05, 4.69) is 5.32 Å². The number of hydrogen-bond acceptors (Lipinski definition) is 3. The number of carbonyl (C=O) groups is 1. The second-order valence-electron chi connectivity index (χ2n) is 6.48. The largest absolute Gasteiger partial charge is 0.322 e. The lowest BCUT2D eigenvalue weighted by atomic mass is 10.2. The molecule has 3 rings (SSSR count). The van der Waals surface area contributed by atoms with Crippen LogP contribution in [0.25, 0.3) is 0 Å². The molecule has 10 heteroatoms. The molecule has 0 atom stereocenters. The van der Waals surface area contributed by atoms with Crippen molar-refractivity contribution in [1.29, 1.82) is 0 Å². The lowest BCUT2D eigenvalue weighted by Gasteiger charge is -2.22. The Balaban J connectivity index is 1.91. The zero-order chi connectivity index (χ0) is 22.6. The first-order valence-electron chi connectivity index (χ1n) is 8.91. The number of para-hydroxylation sites is 1. The van der Waals surface area contributed by atoms with E-state index < -0.39 is 22.5 Å². The second kappa shape index (κ2) is 10.2. The normalized spacial score (nSPS) is 11.5. The van der Waals surface area contributed by atoms with Crippen LogP contribution in [0.1, 0.15) is 5.56 Å². The van der Waals surface area contributed by atoms with Gasteiger partial charge in [-0.05, 0) is 42.0 Å². The van der Waals surface area contributed by atoms with Crippen LogP contribution in [0.5, 0.6) is 0 Å².